The number of nitrogens with zero attached hydrogens (tertiary/aromatic N) is 1. The molecule has 2 atom stereocenters. The van der Waals surface area contributed by atoms with Crippen LogP contribution in [0.2, 0.25) is 10.0 Å². The van der Waals surface area contributed by atoms with E-state index in [2.05, 4.69) is 5.32 Å². The summed E-state index contributed by atoms with van der Waals surface area (Å²) in [5, 5.41) is 13.3. The third kappa shape index (κ3) is 5.19. The number of hydrogen-bond donors (Lipinski definition) is 3. The largest absolute Gasteiger partial charge is 0.480 e. The molecule has 0 saturated heterocycles. The zero-order valence-electron chi connectivity index (χ0n) is 16.4. The molecule has 0 unspecified atom stereocenters. The molecule has 2 aromatic carbocycles. The molecule has 0 aromatic heterocycles. The number of carbonyl (C=O) groups is 2. The number of aliphatic carboxylic acids is 1. The van der Waals surface area contributed by atoms with Crippen LogP contribution in [0.25, 0.3) is 0 Å². The van der Waals surface area contributed by atoms with E-state index in [1.54, 1.807) is 17.0 Å². The van der Waals surface area contributed by atoms with Crippen molar-refractivity contribution in [3.05, 3.63) is 57.6 Å². The van der Waals surface area contributed by atoms with Crippen LogP contribution in [0.5, 0.6) is 0 Å². The molecule has 30 heavy (non-hydrogen) atoms. The number of nitrogens with two attached hydrogens (primary N) is 1. The predicted octanol–water partition coefficient (Wildman–Crippen LogP) is 4.67. The fourth-order valence-electron chi connectivity index (χ4n) is 3.74. The van der Waals surface area contributed by atoms with E-state index in [0.29, 0.717) is 33.5 Å². The highest BCUT2D eigenvalue weighted by Gasteiger charge is 2.37. The maximum absolute atomic E-state index is 12.6. The molecule has 1 aliphatic rings. The van der Waals surface area contributed by atoms with Crippen molar-refractivity contribution in [3.63, 3.8) is 0 Å². The predicted molar refractivity (Wildman–Crippen MR) is 123 cm³/mol. The van der Waals surface area contributed by atoms with E-state index in [0.717, 1.165) is 18.4 Å². The van der Waals surface area contributed by atoms with Crippen molar-refractivity contribution in [2.75, 3.05) is 16.8 Å². The molecule has 9 heteroatoms. The van der Waals surface area contributed by atoms with Crippen LogP contribution in [-0.4, -0.2) is 29.6 Å². The lowest BCUT2D eigenvalue weighted by atomic mass is 9.90. The smallest absolute Gasteiger partial charge is 0.326 e. The van der Waals surface area contributed by atoms with Gasteiger partial charge < -0.3 is 21.1 Å². The highest BCUT2D eigenvalue weighted by Crippen LogP contribution is 2.44. The quantitative estimate of drug-likeness (QED) is 0.568. The molecule has 4 N–H and O–H groups in total. The zero-order valence-corrected chi connectivity index (χ0v) is 18.7. The van der Waals surface area contributed by atoms with Crippen molar-refractivity contribution in [2.45, 2.75) is 38.3 Å². The molecule has 0 radical (unpaired) electrons. The van der Waals surface area contributed by atoms with Gasteiger partial charge in [0.25, 0.3) is 0 Å². The van der Waals surface area contributed by atoms with Gasteiger partial charge >= 0.3 is 5.97 Å². The molecule has 6 nitrogen and oxygen atoms in total. The summed E-state index contributed by atoms with van der Waals surface area (Å²) in [5.74, 6) is -1.20. The Hall–Kier alpha value is -1.99. The minimum Gasteiger partial charge on any atom is -0.480 e. The number of halogens is 3. The van der Waals surface area contributed by atoms with E-state index in [1.165, 1.54) is 6.92 Å². The number of aryl methyl sites for hydroxylation is 1. The standard InChI is InChI=1S/C21H23Cl2N3O3.ClH/c1-12(27)26(15-6-4-13(5-7-15)3-2-8-24)19-11-18(21(28)29)25-17-10-14(22)9-16(23)20(17)19;/h4-7,9-10,18-19,25H,2-3,8,11,24H2,1H3,(H,28,29);1H/t18-,19+;/m0./s1. The first-order valence-corrected chi connectivity index (χ1v) is 10.1. The molecule has 0 aliphatic carbocycles. The molecule has 0 fully saturated rings. The van der Waals surface area contributed by atoms with Crippen LogP contribution in [0.15, 0.2) is 36.4 Å². The summed E-state index contributed by atoms with van der Waals surface area (Å²) in [4.78, 5) is 25.9. The Morgan fingerprint density at radius 2 is 1.90 bits per heavy atom. The molecular formula is C21H24Cl3N3O3. The molecule has 0 bridgehead atoms. The van der Waals surface area contributed by atoms with Crippen LogP contribution in [0, 0.1) is 0 Å². The minimum absolute atomic E-state index is 0. The lowest BCUT2D eigenvalue weighted by Crippen LogP contribution is -2.43. The molecule has 1 aliphatic heterocycles. The molecular weight excluding hydrogens is 449 g/mol. The Morgan fingerprint density at radius 3 is 2.47 bits per heavy atom. The van der Waals surface area contributed by atoms with Gasteiger partial charge in [0.15, 0.2) is 0 Å². The number of carboxylic acids is 1. The third-order valence-electron chi connectivity index (χ3n) is 5.05. The molecule has 3 rings (SSSR count). The Balaban J connectivity index is 0.00000320. The Labute approximate surface area is 191 Å². The fraction of sp³-hybridized carbons (Fsp3) is 0.333. The van der Waals surface area contributed by atoms with Gasteiger partial charge in [0.05, 0.1) is 6.04 Å². The van der Waals surface area contributed by atoms with E-state index in [-0.39, 0.29) is 24.7 Å². The average Bonchev–Trinajstić information content (AvgIpc) is 2.66. The first-order chi connectivity index (χ1) is 13.8. The van der Waals surface area contributed by atoms with E-state index >= 15 is 0 Å². The van der Waals surface area contributed by atoms with Crippen LogP contribution >= 0.6 is 35.6 Å². The molecule has 2 aromatic rings. The summed E-state index contributed by atoms with van der Waals surface area (Å²) < 4.78 is 0. The summed E-state index contributed by atoms with van der Waals surface area (Å²) in [6.07, 6.45) is 1.92. The second kappa shape index (κ2) is 10.4. The van der Waals surface area contributed by atoms with Crippen LogP contribution in [-0.2, 0) is 16.0 Å². The number of nitrogens with one attached hydrogen (secondary N) is 1. The zero-order chi connectivity index (χ0) is 21.1. The molecule has 162 valence electrons. The van der Waals surface area contributed by atoms with E-state index in [9.17, 15) is 14.7 Å². The summed E-state index contributed by atoms with van der Waals surface area (Å²) in [5.41, 5.74) is 8.57. The topological polar surface area (TPSA) is 95.7 Å². The van der Waals surface area contributed by atoms with Crippen LogP contribution < -0.4 is 16.0 Å². The fourth-order valence-corrected chi connectivity index (χ4v) is 4.36. The van der Waals surface area contributed by atoms with Crippen molar-refractivity contribution in [1.82, 2.24) is 0 Å². The van der Waals surface area contributed by atoms with Crippen LogP contribution in [0.3, 0.4) is 0 Å². The first-order valence-electron chi connectivity index (χ1n) is 9.39. The van der Waals surface area contributed by atoms with Gasteiger partial charge in [-0.15, -0.1) is 12.4 Å². The Kier molecular flexibility index (Phi) is 8.38. The minimum atomic E-state index is -1.00. The first kappa shape index (κ1) is 24.3. The van der Waals surface area contributed by atoms with Crippen molar-refractivity contribution in [3.8, 4) is 0 Å². The Morgan fingerprint density at radius 1 is 1.23 bits per heavy atom. The molecule has 0 spiro atoms. The van der Waals surface area contributed by atoms with Crippen molar-refractivity contribution in [2.24, 2.45) is 5.73 Å². The maximum Gasteiger partial charge on any atom is 0.326 e. The molecule has 1 heterocycles. The lowest BCUT2D eigenvalue weighted by Gasteiger charge is -2.38. The van der Waals surface area contributed by atoms with E-state index < -0.39 is 18.1 Å². The second-order valence-electron chi connectivity index (χ2n) is 7.08. The van der Waals surface area contributed by atoms with Gasteiger partial charge in [-0.2, -0.15) is 0 Å². The monoisotopic (exact) mass is 471 g/mol. The van der Waals surface area contributed by atoms with Gasteiger partial charge in [-0.25, -0.2) is 4.79 Å². The van der Waals surface area contributed by atoms with E-state index in [4.69, 9.17) is 28.9 Å². The molecule has 1 amide bonds. The van der Waals surface area contributed by atoms with E-state index in [1.807, 2.05) is 24.3 Å². The highest BCUT2D eigenvalue weighted by atomic mass is 35.5. The van der Waals surface area contributed by atoms with Crippen LogP contribution in [0.4, 0.5) is 11.4 Å². The van der Waals surface area contributed by atoms with Crippen LogP contribution in [0.1, 0.15) is 36.9 Å². The van der Waals surface area contributed by atoms with Gasteiger partial charge in [-0.1, -0.05) is 35.3 Å². The summed E-state index contributed by atoms with van der Waals surface area (Å²) >= 11 is 12.6. The van der Waals surface area contributed by atoms with Gasteiger partial charge in [-0.05, 0) is 49.2 Å². The normalized spacial score (nSPS) is 17.3. The van der Waals surface area contributed by atoms with Crippen molar-refractivity contribution in [1.29, 1.82) is 0 Å². The lowest BCUT2D eigenvalue weighted by molar-refractivity contribution is -0.138. The number of benzene rings is 2. The highest BCUT2D eigenvalue weighted by molar-refractivity contribution is 6.35. The maximum atomic E-state index is 12.6. The number of hydrogen-bond acceptors (Lipinski definition) is 4. The second-order valence-corrected chi connectivity index (χ2v) is 7.93. The number of carbonyl (C=O) groups excluding carboxylic acids is 1. The third-order valence-corrected chi connectivity index (χ3v) is 5.58. The Bertz CT molecular complexity index is 922. The molecule has 0 saturated carbocycles. The van der Waals surface area contributed by atoms with Gasteiger partial charge in [0.1, 0.15) is 6.04 Å². The van der Waals surface area contributed by atoms with Gasteiger partial charge in [-0.3, -0.25) is 4.79 Å². The number of carboxylic acid groups (broad SMARTS) is 1. The summed E-state index contributed by atoms with van der Waals surface area (Å²) in [7, 11) is 0. The van der Waals surface area contributed by atoms with Gasteiger partial charge in [0, 0.05) is 40.3 Å². The van der Waals surface area contributed by atoms with Crippen molar-refractivity contribution >= 4 is 58.9 Å². The number of fused-ring (bicyclic) bond motifs is 1. The number of amides is 1. The van der Waals surface area contributed by atoms with Crippen molar-refractivity contribution < 1.29 is 14.7 Å². The summed E-state index contributed by atoms with van der Waals surface area (Å²) in [6, 6.07) is 9.49. The average molecular weight is 473 g/mol. The number of anilines is 2. The van der Waals surface area contributed by atoms with Gasteiger partial charge in [0.2, 0.25) is 5.91 Å². The summed E-state index contributed by atoms with van der Waals surface area (Å²) in [6.45, 7) is 2.08. The number of rotatable bonds is 6. The SMILES string of the molecule is CC(=O)N(c1ccc(CCCN)cc1)[C@@H]1C[C@@H](C(=O)O)Nc2cc(Cl)cc(Cl)c21.Cl.